The predicted molar refractivity (Wildman–Crippen MR) is 39.9 cm³/mol. The third-order valence-corrected chi connectivity index (χ3v) is 1.07. The Bertz CT molecular complexity index is 43.3. The van der Waals surface area contributed by atoms with Gasteiger partial charge in [0.1, 0.15) is 0 Å². The van der Waals surface area contributed by atoms with Crippen LogP contribution in [0, 0.1) is 13.3 Å². The van der Waals surface area contributed by atoms with E-state index in [1.54, 1.807) is 0 Å². The molecule has 0 saturated heterocycles. The molecule has 1 nitrogen and oxygen atoms in total. The van der Waals surface area contributed by atoms with Crippen molar-refractivity contribution in [3.8, 4) is 0 Å². The van der Waals surface area contributed by atoms with Crippen LogP contribution in [0.4, 0.5) is 0 Å². The van der Waals surface area contributed by atoms with Crippen molar-refractivity contribution in [3.05, 3.63) is 13.3 Å². The molecule has 0 atom stereocenters. The van der Waals surface area contributed by atoms with Crippen molar-refractivity contribution in [2.75, 3.05) is 0 Å². The summed E-state index contributed by atoms with van der Waals surface area (Å²) in [5, 5.41) is 0. The number of hydrogen-bond acceptors (Lipinski definition) is 1. The van der Waals surface area contributed by atoms with Crippen LogP contribution in [0.25, 0.3) is 0 Å². The molecular weight excluding hydrogens is 124 g/mol. The number of rotatable bonds is 0. The fourth-order valence-electron chi connectivity index (χ4n) is 0.722. The molecule has 1 aliphatic rings. The van der Waals surface area contributed by atoms with E-state index in [0.717, 1.165) is 0 Å². The Morgan fingerprint density at radius 1 is 1.33 bits per heavy atom. The Morgan fingerprint density at radius 2 is 1.67 bits per heavy atom. The summed E-state index contributed by atoms with van der Waals surface area (Å²) in [4.78, 5) is 8.69. The molecule has 0 aromatic heterocycles. The fraction of sp³-hybridized carbons (Fsp3) is 0.571. The van der Waals surface area contributed by atoms with E-state index in [1.807, 2.05) is 0 Å². The van der Waals surface area contributed by atoms with Crippen LogP contribution >= 0.6 is 0 Å². The average molecular weight is 136 g/mol. The second kappa shape index (κ2) is 11.1. The molecule has 2 heteroatoms. The first kappa shape index (κ1) is 12.0. The molecule has 1 rings (SSSR count). The predicted octanol–water partition coefficient (Wildman–Crippen LogP) is 1.40. The van der Waals surface area contributed by atoms with Crippen molar-refractivity contribution in [3.63, 3.8) is 0 Å². The minimum absolute atomic E-state index is 0. The topological polar surface area (TPSA) is 17.1 Å². The zero-order valence-corrected chi connectivity index (χ0v) is 7.22. The molecule has 1 aliphatic carbocycles. The summed E-state index contributed by atoms with van der Waals surface area (Å²) in [6.45, 7) is 2.81. The smallest absolute Gasteiger partial charge is 0.343 e. The van der Waals surface area contributed by atoms with Gasteiger partial charge in [0.15, 0.2) is 0 Å². The van der Waals surface area contributed by atoms with Gasteiger partial charge in [0.2, 0.25) is 0 Å². The van der Waals surface area contributed by atoms with E-state index >= 15 is 0 Å². The maximum Gasteiger partial charge on any atom is 2.00 e. The molecule has 0 aromatic rings. The molecule has 0 aliphatic heterocycles. The Kier molecular flexibility index (Phi) is 14.9. The third kappa shape index (κ3) is 11.7. The molecule has 1 saturated carbocycles. The Morgan fingerprint density at radius 3 is 1.78 bits per heavy atom. The van der Waals surface area contributed by atoms with Gasteiger partial charge in [-0.05, 0) is 6.29 Å². The third-order valence-electron chi connectivity index (χ3n) is 1.07. The zero-order chi connectivity index (χ0) is 6.24. The maximum atomic E-state index is 8.69. The van der Waals surface area contributed by atoms with Crippen LogP contribution in [0.3, 0.4) is 0 Å². The summed E-state index contributed by atoms with van der Waals surface area (Å²) in [5.41, 5.74) is 0. The number of carbonyl (C=O) groups excluding carboxylic acids is 1. The van der Waals surface area contributed by atoms with Gasteiger partial charge in [0, 0.05) is 0 Å². The van der Waals surface area contributed by atoms with Crippen LogP contribution in [0.5, 0.6) is 0 Å². The molecule has 0 heterocycles. The first-order valence-corrected chi connectivity index (χ1v) is 2.96. The summed E-state index contributed by atoms with van der Waals surface area (Å²) < 4.78 is 0. The zero-order valence-electron chi connectivity index (χ0n) is 5.81. The van der Waals surface area contributed by atoms with Gasteiger partial charge in [-0.1, -0.05) is 12.8 Å². The summed E-state index contributed by atoms with van der Waals surface area (Å²) in [6.07, 6.45) is 8.50. The SMILES string of the molecule is [CH-]1CCCC1.[CH2-]C=O.[Mg+2]. The average Bonchev–Trinajstić information content (AvgIpc) is 2.17. The van der Waals surface area contributed by atoms with Crippen molar-refractivity contribution in [1.29, 1.82) is 0 Å². The van der Waals surface area contributed by atoms with E-state index in [0.29, 0.717) is 6.29 Å². The first-order chi connectivity index (χ1) is 3.91. The summed E-state index contributed by atoms with van der Waals surface area (Å²) in [6, 6.07) is 0. The van der Waals surface area contributed by atoms with Gasteiger partial charge >= 0.3 is 23.1 Å². The maximum absolute atomic E-state index is 8.69. The van der Waals surface area contributed by atoms with Gasteiger partial charge in [0.25, 0.3) is 0 Å². The summed E-state index contributed by atoms with van der Waals surface area (Å²) in [7, 11) is 0. The fourth-order valence-corrected chi connectivity index (χ4v) is 0.722. The molecular formula is C7H12MgO. The molecule has 0 aromatic carbocycles. The number of carbonyl (C=O) groups is 1. The van der Waals surface area contributed by atoms with E-state index in [9.17, 15) is 0 Å². The molecule has 0 radical (unpaired) electrons. The van der Waals surface area contributed by atoms with Crippen LogP contribution in [0.15, 0.2) is 0 Å². The molecule has 0 unspecified atom stereocenters. The Balaban J connectivity index is 0. The largest absolute Gasteiger partial charge is 2.00 e. The van der Waals surface area contributed by atoms with E-state index < -0.39 is 0 Å². The van der Waals surface area contributed by atoms with Crippen LogP contribution in [-0.4, -0.2) is 29.3 Å². The minimum Gasteiger partial charge on any atom is -0.343 e. The normalized spacial score (nSPS) is 14.7. The van der Waals surface area contributed by atoms with Crippen molar-refractivity contribution in [2.24, 2.45) is 0 Å². The second-order valence-corrected chi connectivity index (χ2v) is 1.74. The quantitative estimate of drug-likeness (QED) is 0.280. The molecule has 0 bridgehead atoms. The van der Waals surface area contributed by atoms with Crippen LogP contribution in [0.1, 0.15) is 25.7 Å². The Labute approximate surface area is 73.4 Å². The first-order valence-electron chi connectivity index (χ1n) is 2.96. The summed E-state index contributed by atoms with van der Waals surface area (Å²) in [5.74, 6) is 0. The molecule has 48 valence electrons. The van der Waals surface area contributed by atoms with Gasteiger partial charge in [-0.3, -0.25) is 0 Å². The van der Waals surface area contributed by atoms with Crippen LogP contribution < -0.4 is 0 Å². The van der Waals surface area contributed by atoms with E-state index in [1.165, 1.54) is 25.7 Å². The van der Waals surface area contributed by atoms with Gasteiger partial charge in [0.05, 0.1) is 0 Å². The summed E-state index contributed by atoms with van der Waals surface area (Å²) >= 11 is 0. The standard InChI is InChI=1S/C5H9.C2H3O.Mg/c1-2-4-5-3-1;1-2-3;/h1H,2-5H2;2H,1H2;/q2*-1;+2. The molecule has 0 spiro atoms. The molecule has 0 amide bonds. The Hall–Kier alpha value is 0.306. The van der Waals surface area contributed by atoms with Crippen molar-refractivity contribution >= 4 is 29.3 Å². The van der Waals surface area contributed by atoms with Gasteiger partial charge < -0.3 is 18.1 Å². The van der Waals surface area contributed by atoms with Crippen molar-refractivity contribution < 1.29 is 4.79 Å². The monoisotopic (exact) mass is 136 g/mol. The number of aldehydes is 1. The van der Waals surface area contributed by atoms with Crippen molar-refractivity contribution in [1.82, 2.24) is 0 Å². The van der Waals surface area contributed by atoms with Gasteiger partial charge in [-0.25, -0.2) is 0 Å². The van der Waals surface area contributed by atoms with E-state index in [2.05, 4.69) is 13.3 Å². The second-order valence-electron chi connectivity index (χ2n) is 1.74. The van der Waals surface area contributed by atoms with Gasteiger partial charge in [-0.2, -0.15) is 12.8 Å². The number of hydrogen-bond donors (Lipinski definition) is 0. The molecule has 0 N–H and O–H groups in total. The van der Waals surface area contributed by atoms with Gasteiger partial charge in [-0.15, -0.1) is 0 Å². The minimum atomic E-state index is 0. The van der Waals surface area contributed by atoms with E-state index in [4.69, 9.17) is 4.79 Å². The molecule has 1 fully saturated rings. The van der Waals surface area contributed by atoms with Crippen LogP contribution in [0.2, 0.25) is 0 Å². The molecule has 9 heavy (non-hydrogen) atoms. The van der Waals surface area contributed by atoms with E-state index in [-0.39, 0.29) is 23.1 Å². The van der Waals surface area contributed by atoms with Crippen molar-refractivity contribution in [2.45, 2.75) is 25.7 Å². The van der Waals surface area contributed by atoms with Crippen LogP contribution in [-0.2, 0) is 4.79 Å².